The molecule has 21 heavy (non-hydrogen) atoms. The average molecular weight is 298 g/mol. The van der Waals surface area contributed by atoms with Gasteiger partial charge in [0.15, 0.2) is 0 Å². The highest BCUT2D eigenvalue weighted by Gasteiger charge is 2.12. The van der Waals surface area contributed by atoms with E-state index in [1.807, 2.05) is 29.6 Å². The predicted octanol–water partition coefficient (Wildman–Crippen LogP) is 2.55. The van der Waals surface area contributed by atoms with Crippen LogP contribution in [0.1, 0.15) is 33.3 Å². The Labute approximate surface area is 129 Å². The van der Waals surface area contributed by atoms with Crippen molar-refractivity contribution in [3.05, 3.63) is 57.3 Å². The molecule has 0 saturated carbocycles. The molecule has 0 fully saturated rings. The summed E-state index contributed by atoms with van der Waals surface area (Å²) in [7, 11) is 0. The van der Waals surface area contributed by atoms with Gasteiger partial charge in [-0.1, -0.05) is 43.0 Å². The van der Waals surface area contributed by atoms with Crippen molar-refractivity contribution in [2.24, 2.45) is 5.73 Å². The highest BCUT2D eigenvalue weighted by Crippen LogP contribution is 2.16. The van der Waals surface area contributed by atoms with Gasteiger partial charge in [-0.3, -0.25) is 4.79 Å². The van der Waals surface area contributed by atoms with Crippen LogP contribution in [0.5, 0.6) is 0 Å². The summed E-state index contributed by atoms with van der Waals surface area (Å²) < 4.78 is 0. The van der Waals surface area contributed by atoms with E-state index in [1.165, 1.54) is 16.9 Å². The third-order valence-corrected chi connectivity index (χ3v) is 4.05. The maximum absolute atomic E-state index is 12.3. The van der Waals surface area contributed by atoms with Crippen LogP contribution in [0.3, 0.4) is 0 Å². The quantitative estimate of drug-likeness (QED) is 0.852. The lowest BCUT2D eigenvalue weighted by atomic mass is 10.1. The lowest BCUT2D eigenvalue weighted by Crippen LogP contribution is -2.23. The Balaban J connectivity index is 2.07. The van der Waals surface area contributed by atoms with E-state index in [4.69, 9.17) is 5.73 Å². The number of rotatable bonds is 4. The molecule has 1 amide bonds. The molecule has 4 heteroatoms. The van der Waals surface area contributed by atoms with Gasteiger partial charge in [-0.15, -0.1) is 11.3 Å². The number of nitrogens with two attached hydrogens (primary N) is 1. The van der Waals surface area contributed by atoms with Gasteiger partial charge >= 0.3 is 0 Å². The standard InChI is InChI=1S/C17H18N2OS/c1-2-13-6-3-4-7-15(13)12-19-17(20)16-14(8-5-10-18)9-11-21-16/h3-4,6-7,9,11H,2,10,12,18H2,1H3,(H,19,20). The summed E-state index contributed by atoms with van der Waals surface area (Å²) in [6.45, 7) is 2.94. The first-order valence-electron chi connectivity index (χ1n) is 6.87. The normalized spacial score (nSPS) is 9.81. The number of aryl methyl sites for hydroxylation is 1. The van der Waals surface area contributed by atoms with E-state index in [0.29, 0.717) is 18.0 Å². The molecule has 3 N–H and O–H groups in total. The highest BCUT2D eigenvalue weighted by molar-refractivity contribution is 7.12. The van der Waals surface area contributed by atoms with Crippen LogP contribution in [0.2, 0.25) is 0 Å². The van der Waals surface area contributed by atoms with Crippen LogP contribution in [-0.4, -0.2) is 12.5 Å². The second kappa shape index (κ2) is 7.63. The number of benzene rings is 1. The lowest BCUT2D eigenvalue weighted by molar-refractivity contribution is 0.0954. The molecule has 0 aliphatic carbocycles. The van der Waals surface area contributed by atoms with E-state index in [-0.39, 0.29) is 5.91 Å². The molecule has 2 rings (SSSR count). The zero-order valence-corrected chi connectivity index (χ0v) is 12.8. The molecule has 2 aromatic rings. The van der Waals surface area contributed by atoms with Gasteiger partial charge in [-0.05, 0) is 29.0 Å². The zero-order valence-electron chi connectivity index (χ0n) is 12.0. The fourth-order valence-electron chi connectivity index (χ4n) is 2.06. The van der Waals surface area contributed by atoms with Gasteiger partial charge in [0.2, 0.25) is 0 Å². The van der Waals surface area contributed by atoms with Crippen molar-refractivity contribution in [2.45, 2.75) is 19.9 Å². The minimum Gasteiger partial charge on any atom is -0.347 e. The van der Waals surface area contributed by atoms with Crippen molar-refractivity contribution in [1.29, 1.82) is 0 Å². The average Bonchev–Trinajstić information content (AvgIpc) is 2.99. The third kappa shape index (κ3) is 3.94. The molecule has 1 aromatic carbocycles. The van der Waals surface area contributed by atoms with Gasteiger partial charge in [-0.2, -0.15) is 0 Å². The number of carbonyl (C=O) groups is 1. The van der Waals surface area contributed by atoms with Crippen LogP contribution in [-0.2, 0) is 13.0 Å². The molecule has 0 spiro atoms. The number of hydrogen-bond acceptors (Lipinski definition) is 3. The minimum absolute atomic E-state index is 0.0859. The van der Waals surface area contributed by atoms with Crippen LogP contribution in [0.4, 0.5) is 0 Å². The molecule has 0 aliphatic rings. The number of amides is 1. The van der Waals surface area contributed by atoms with E-state index in [9.17, 15) is 4.79 Å². The van der Waals surface area contributed by atoms with Crippen molar-refractivity contribution in [3.63, 3.8) is 0 Å². The van der Waals surface area contributed by atoms with Crippen LogP contribution < -0.4 is 11.1 Å². The Bertz CT molecular complexity index is 679. The van der Waals surface area contributed by atoms with Crippen molar-refractivity contribution in [3.8, 4) is 11.8 Å². The van der Waals surface area contributed by atoms with Crippen molar-refractivity contribution in [2.75, 3.05) is 6.54 Å². The molecule has 3 nitrogen and oxygen atoms in total. The Kier molecular flexibility index (Phi) is 5.56. The second-order valence-electron chi connectivity index (χ2n) is 4.47. The zero-order chi connectivity index (χ0) is 15.1. The summed E-state index contributed by atoms with van der Waals surface area (Å²) in [6.07, 6.45) is 0.957. The summed E-state index contributed by atoms with van der Waals surface area (Å²) in [5, 5.41) is 4.84. The third-order valence-electron chi connectivity index (χ3n) is 3.14. The summed E-state index contributed by atoms with van der Waals surface area (Å²) >= 11 is 1.40. The molecule has 0 saturated heterocycles. The van der Waals surface area contributed by atoms with Crippen molar-refractivity contribution < 1.29 is 4.79 Å². The molecule has 0 radical (unpaired) electrons. The number of thiophene rings is 1. The minimum atomic E-state index is -0.0859. The van der Waals surface area contributed by atoms with Gasteiger partial charge in [0.1, 0.15) is 4.88 Å². The molecular formula is C17H18N2OS. The summed E-state index contributed by atoms with van der Waals surface area (Å²) in [6, 6.07) is 9.99. The van der Waals surface area contributed by atoms with Crippen molar-refractivity contribution in [1.82, 2.24) is 5.32 Å². The largest absolute Gasteiger partial charge is 0.347 e. The second-order valence-corrected chi connectivity index (χ2v) is 5.39. The maximum Gasteiger partial charge on any atom is 0.262 e. The highest BCUT2D eigenvalue weighted by atomic mass is 32.1. The summed E-state index contributed by atoms with van der Waals surface area (Å²) in [5.41, 5.74) is 8.52. The fraction of sp³-hybridized carbons (Fsp3) is 0.235. The van der Waals surface area contributed by atoms with Gasteiger partial charge < -0.3 is 11.1 Å². The molecular weight excluding hydrogens is 280 g/mol. The van der Waals surface area contributed by atoms with Gasteiger partial charge in [0.25, 0.3) is 5.91 Å². The van der Waals surface area contributed by atoms with Gasteiger partial charge in [-0.25, -0.2) is 0 Å². The number of nitrogens with one attached hydrogen (secondary N) is 1. The van der Waals surface area contributed by atoms with Crippen LogP contribution in [0, 0.1) is 11.8 Å². The Morgan fingerprint density at radius 2 is 2.05 bits per heavy atom. The lowest BCUT2D eigenvalue weighted by Gasteiger charge is -2.08. The molecule has 0 atom stereocenters. The van der Waals surface area contributed by atoms with Crippen LogP contribution in [0.25, 0.3) is 0 Å². The molecule has 0 bridgehead atoms. The molecule has 0 unspecified atom stereocenters. The topological polar surface area (TPSA) is 55.1 Å². The smallest absolute Gasteiger partial charge is 0.262 e. The monoisotopic (exact) mass is 298 g/mol. The van der Waals surface area contributed by atoms with E-state index in [0.717, 1.165) is 17.5 Å². The van der Waals surface area contributed by atoms with E-state index >= 15 is 0 Å². The molecule has 0 aliphatic heterocycles. The number of carbonyl (C=O) groups excluding carboxylic acids is 1. The van der Waals surface area contributed by atoms with Gasteiger partial charge in [0.05, 0.1) is 6.54 Å². The Hall–Kier alpha value is -2.09. The van der Waals surface area contributed by atoms with E-state index in [1.54, 1.807) is 0 Å². The van der Waals surface area contributed by atoms with E-state index in [2.05, 4.69) is 30.1 Å². The van der Waals surface area contributed by atoms with Gasteiger partial charge in [0, 0.05) is 12.1 Å². The Morgan fingerprint density at radius 1 is 1.29 bits per heavy atom. The van der Waals surface area contributed by atoms with Crippen LogP contribution >= 0.6 is 11.3 Å². The maximum atomic E-state index is 12.3. The molecule has 1 aromatic heterocycles. The predicted molar refractivity (Wildman–Crippen MR) is 87.2 cm³/mol. The first-order chi connectivity index (χ1) is 10.3. The molecule has 108 valence electrons. The SMILES string of the molecule is CCc1ccccc1CNC(=O)c1sccc1C#CCN. The van der Waals surface area contributed by atoms with Crippen LogP contribution in [0.15, 0.2) is 35.7 Å². The summed E-state index contributed by atoms with van der Waals surface area (Å²) in [4.78, 5) is 12.9. The number of hydrogen-bond donors (Lipinski definition) is 2. The first-order valence-corrected chi connectivity index (χ1v) is 7.75. The summed E-state index contributed by atoms with van der Waals surface area (Å²) in [5.74, 6) is 5.63. The van der Waals surface area contributed by atoms with E-state index < -0.39 is 0 Å². The fourth-order valence-corrected chi connectivity index (χ4v) is 2.83. The Morgan fingerprint density at radius 3 is 2.76 bits per heavy atom. The molecule has 1 heterocycles. The first kappa shape index (κ1) is 15.3. The van der Waals surface area contributed by atoms with Crippen molar-refractivity contribution >= 4 is 17.2 Å².